The first-order valence-corrected chi connectivity index (χ1v) is 8.65. The van der Waals surface area contributed by atoms with E-state index in [9.17, 15) is 4.79 Å². The van der Waals surface area contributed by atoms with E-state index in [1.807, 2.05) is 44.3 Å². The van der Waals surface area contributed by atoms with Crippen molar-refractivity contribution in [2.45, 2.75) is 19.3 Å². The third kappa shape index (κ3) is 2.81. The fourth-order valence-electron chi connectivity index (χ4n) is 3.35. The number of hydrogen-bond donors (Lipinski definition) is 2. The highest BCUT2D eigenvalue weighted by atomic mass is 16.1. The van der Waals surface area contributed by atoms with Crippen molar-refractivity contribution < 1.29 is 4.79 Å². The maximum absolute atomic E-state index is 12.3. The minimum absolute atomic E-state index is 0.0270. The van der Waals surface area contributed by atoms with E-state index in [2.05, 4.69) is 25.7 Å². The van der Waals surface area contributed by atoms with Gasteiger partial charge in [0.15, 0.2) is 0 Å². The van der Waals surface area contributed by atoms with E-state index in [-0.39, 0.29) is 11.8 Å². The molecule has 2 N–H and O–H groups in total. The molecule has 4 rings (SSSR count). The van der Waals surface area contributed by atoms with E-state index in [1.54, 1.807) is 17.1 Å². The largest absolute Gasteiger partial charge is 0.355 e. The second-order valence-corrected chi connectivity index (χ2v) is 6.28. The fraction of sp³-hybridized carbons (Fsp3) is 0.263. The van der Waals surface area contributed by atoms with Crippen LogP contribution in [0.25, 0.3) is 11.3 Å². The van der Waals surface area contributed by atoms with Crippen LogP contribution in [0.4, 0.5) is 11.8 Å². The minimum Gasteiger partial charge on any atom is -0.355 e. The normalized spacial score (nSPS) is 16.1. The van der Waals surface area contributed by atoms with Crippen molar-refractivity contribution >= 4 is 17.7 Å². The Balaban J connectivity index is 1.82. The molecule has 0 bridgehead atoms. The molecule has 1 aliphatic rings. The zero-order chi connectivity index (χ0) is 18.1. The van der Waals surface area contributed by atoms with Gasteiger partial charge in [-0.25, -0.2) is 9.97 Å². The lowest BCUT2D eigenvalue weighted by Gasteiger charge is -2.24. The molecular weight excluding hydrogens is 328 g/mol. The summed E-state index contributed by atoms with van der Waals surface area (Å²) in [6.45, 7) is 2.76. The van der Waals surface area contributed by atoms with Crippen LogP contribution in [0, 0.1) is 0 Å². The van der Waals surface area contributed by atoms with Crippen LogP contribution in [-0.2, 0) is 11.8 Å². The molecule has 3 aromatic rings. The van der Waals surface area contributed by atoms with Crippen molar-refractivity contribution in [2.75, 3.05) is 17.2 Å². The van der Waals surface area contributed by atoms with Crippen LogP contribution >= 0.6 is 0 Å². The third-order valence-electron chi connectivity index (χ3n) is 4.54. The van der Waals surface area contributed by atoms with E-state index >= 15 is 0 Å². The lowest BCUT2D eigenvalue weighted by molar-refractivity contribution is -0.116. The van der Waals surface area contributed by atoms with Crippen LogP contribution in [0.15, 0.2) is 42.7 Å². The third-order valence-corrected chi connectivity index (χ3v) is 4.54. The number of benzene rings is 1. The van der Waals surface area contributed by atoms with E-state index in [4.69, 9.17) is 0 Å². The molecule has 26 heavy (non-hydrogen) atoms. The van der Waals surface area contributed by atoms with Gasteiger partial charge in [0, 0.05) is 49.5 Å². The first-order chi connectivity index (χ1) is 12.7. The highest BCUT2D eigenvalue weighted by molar-refractivity contribution is 5.96. The van der Waals surface area contributed by atoms with E-state index in [1.165, 1.54) is 0 Å². The predicted octanol–water partition coefficient (Wildman–Crippen LogP) is 2.78. The van der Waals surface area contributed by atoms with Crippen LogP contribution < -0.4 is 10.6 Å². The Labute approximate surface area is 151 Å². The topological polar surface area (TPSA) is 84.7 Å². The number of aryl methyl sites for hydroxylation is 1. The standard InChI is InChI=1S/C19H20N6O/c1-3-20-19-21-10-13(11-22-19)14-9-15(26)23-18-16(14)17(24-25(18)2)12-7-5-4-6-8-12/h4-8,10-11,14H,3,9H2,1-2H3,(H,23,26)(H,20,21,22). The molecule has 1 unspecified atom stereocenters. The molecule has 1 aliphatic heterocycles. The average molecular weight is 348 g/mol. The summed E-state index contributed by atoms with van der Waals surface area (Å²) in [6.07, 6.45) is 3.93. The molecule has 0 saturated carbocycles. The summed E-state index contributed by atoms with van der Waals surface area (Å²) in [4.78, 5) is 21.0. The lowest BCUT2D eigenvalue weighted by Crippen LogP contribution is -2.24. The average Bonchev–Trinajstić information content (AvgIpc) is 2.99. The highest BCUT2D eigenvalue weighted by Crippen LogP contribution is 2.42. The molecular formula is C19H20N6O. The van der Waals surface area contributed by atoms with Gasteiger partial charge in [0.25, 0.3) is 0 Å². The molecule has 0 fully saturated rings. The lowest BCUT2D eigenvalue weighted by atomic mass is 9.86. The second-order valence-electron chi connectivity index (χ2n) is 6.28. The molecule has 1 atom stereocenters. The first-order valence-electron chi connectivity index (χ1n) is 8.65. The van der Waals surface area contributed by atoms with Gasteiger partial charge in [-0.05, 0) is 12.5 Å². The van der Waals surface area contributed by atoms with Crippen LogP contribution in [0.1, 0.15) is 30.4 Å². The molecule has 0 spiro atoms. The van der Waals surface area contributed by atoms with Gasteiger partial charge in [-0.1, -0.05) is 30.3 Å². The molecule has 0 aliphatic carbocycles. The van der Waals surface area contributed by atoms with Gasteiger partial charge >= 0.3 is 0 Å². The Morgan fingerprint density at radius 2 is 1.96 bits per heavy atom. The molecule has 1 amide bonds. The smallest absolute Gasteiger partial charge is 0.226 e. The summed E-state index contributed by atoms with van der Waals surface area (Å²) in [5.74, 6) is 1.17. The number of rotatable bonds is 4. The number of nitrogens with zero attached hydrogens (tertiary/aromatic N) is 4. The molecule has 7 heteroatoms. The number of hydrogen-bond acceptors (Lipinski definition) is 5. The number of anilines is 2. The number of nitrogens with one attached hydrogen (secondary N) is 2. The van der Waals surface area contributed by atoms with Crippen molar-refractivity contribution in [1.82, 2.24) is 19.7 Å². The Morgan fingerprint density at radius 1 is 1.23 bits per heavy atom. The Bertz CT molecular complexity index is 933. The number of carbonyl (C=O) groups excluding carboxylic acids is 1. The van der Waals surface area contributed by atoms with Crippen LogP contribution in [0.5, 0.6) is 0 Å². The van der Waals surface area contributed by atoms with Gasteiger partial charge in [-0.2, -0.15) is 5.10 Å². The molecule has 3 heterocycles. The Hall–Kier alpha value is -3.22. The van der Waals surface area contributed by atoms with Crippen molar-refractivity contribution in [3.8, 4) is 11.3 Å². The van der Waals surface area contributed by atoms with Crippen LogP contribution in [0.3, 0.4) is 0 Å². The number of carbonyl (C=O) groups is 1. The van der Waals surface area contributed by atoms with Gasteiger partial charge in [0.2, 0.25) is 11.9 Å². The number of fused-ring (bicyclic) bond motifs is 1. The summed E-state index contributed by atoms with van der Waals surface area (Å²) in [6, 6.07) is 10.0. The molecule has 0 saturated heterocycles. The Kier molecular flexibility index (Phi) is 4.12. The fourth-order valence-corrected chi connectivity index (χ4v) is 3.35. The zero-order valence-corrected chi connectivity index (χ0v) is 14.7. The zero-order valence-electron chi connectivity index (χ0n) is 14.7. The SMILES string of the molecule is CCNc1ncc(C2CC(=O)Nc3c2c(-c2ccccc2)nn3C)cn1. The van der Waals surface area contributed by atoms with Crippen LogP contribution in [-0.4, -0.2) is 32.2 Å². The summed E-state index contributed by atoms with van der Waals surface area (Å²) < 4.78 is 1.73. The van der Waals surface area contributed by atoms with E-state index < -0.39 is 0 Å². The van der Waals surface area contributed by atoms with Crippen LogP contribution in [0.2, 0.25) is 0 Å². The predicted molar refractivity (Wildman–Crippen MR) is 99.9 cm³/mol. The molecule has 132 valence electrons. The van der Waals surface area contributed by atoms with Crippen molar-refractivity contribution in [3.63, 3.8) is 0 Å². The van der Waals surface area contributed by atoms with Gasteiger partial charge in [0.05, 0.1) is 5.69 Å². The Morgan fingerprint density at radius 3 is 2.65 bits per heavy atom. The molecule has 7 nitrogen and oxygen atoms in total. The minimum atomic E-state index is -0.127. The summed E-state index contributed by atoms with van der Waals surface area (Å²) in [5.41, 5.74) is 3.82. The number of amides is 1. The number of aromatic nitrogens is 4. The van der Waals surface area contributed by atoms with Crippen molar-refractivity contribution in [2.24, 2.45) is 7.05 Å². The quantitative estimate of drug-likeness (QED) is 0.757. The summed E-state index contributed by atoms with van der Waals surface area (Å²) in [7, 11) is 1.85. The maximum Gasteiger partial charge on any atom is 0.226 e. The van der Waals surface area contributed by atoms with Crippen molar-refractivity contribution in [1.29, 1.82) is 0 Å². The van der Waals surface area contributed by atoms with Gasteiger partial charge in [-0.15, -0.1) is 0 Å². The second kappa shape index (κ2) is 6.59. The van der Waals surface area contributed by atoms with Gasteiger partial charge < -0.3 is 10.6 Å². The molecule has 1 aromatic carbocycles. The van der Waals surface area contributed by atoms with Crippen molar-refractivity contribution in [3.05, 3.63) is 53.9 Å². The highest BCUT2D eigenvalue weighted by Gasteiger charge is 2.33. The van der Waals surface area contributed by atoms with E-state index in [0.29, 0.717) is 12.4 Å². The van der Waals surface area contributed by atoms with Gasteiger partial charge in [0.1, 0.15) is 5.82 Å². The summed E-state index contributed by atoms with van der Waals surface area (Å²) in [5, 5.41) is 10.7. The molecule has 0 radical (unpaired) electrons. The molecule has 2 aromatic heterocycles. The van der Waals surface area contributed by atoms with E-state index in [0.717, 1.165) is 34.7 Å². The monoisotopic (exact) mass is 348 g/mol. The maximum atomic E-state index is 12.3. The van der Waals surface area contributed by atoms with Gasteiger partial charge in [-0.3, -0.25) is 9.48 Å². The summed E-state index contributed by atoms with van der Waals surface area (Å²) >= 11 is 0. The first kappa shape index (κ1) is 16.3.